The van der Waals surface area contributed by atoms with Crippen molar-refractivity contribution >= 4 is 29.3 Å². The average Bonchev–Trinajstić information content (AvgIpc) is 2.48. The second-order valence-corrected chi connectivity index (χ2v) is 6.37. The van der Waals surface area contributed by atoms with Gasteiger partial charge in [-0.15, -0.1) is 0 Å². The Morgan fingerprint density at radius 2 is 2.24 bits per heavy atom. The molecule has 0 fully saturated rings. The van der Waals surface area contributed by atoms with Crippen molar-refractivity contribution in [1.29, 1.82) is 0 Å². The molecule has 1 aliphatic rings. The molecule has 2 rings (SSSR count). The van der Waals surface area contributed by atoms with Crippen LogP contribution in [-0.2, 0) is 11.2 Å². The molecule has 0 atom stereocenters. The Bertz CT molecular complexity index is 517. The molecule has 0 spiro atoms. The molecule has 0 aromatic heterocycles. The molecule has 1 aromatic rings. The first-order chi connectivity index (χ1) is 10.2. The summed E-state index contributed by atoms with van der Waals surface area (Å²) in [6.07, 6.45) is 3.75. The number of carbonyl (C=O) groups is 2. The highest BCUT2D eigenvalue weighted by Crippen LogP contribution is 2.19. The number of amides is 2. The molecule has 5 heteroatoms. The van der Waals surface area contributed by atoms with E-state index in [0.29, 0.717) is 24.2 Å². The Labute approximate surface area is 130 Å². The summed E-state index contributed by atoms with van der Waals surface area (Å²) in [5, 5.41) is 5.69. The van der Waals surface area contributed by atoms with E-state index < -0.39 is 0 Å². The molecule has 2 N–H and O–H groups in total. The second kappa shape index (κ2) is 8.08. The van der Waals surface area contributed by atoms with Gasteiger partial charge in [0.1, 0.15) is 0 Å². The molecule has 0 unspecified atom stereocenters. The summed E-state index contributed by atoms with van der Waals surface area (Å²) < 4.78 is 0. The topological polar surface area (TPSA) is 58.2 Å². The number of anilines is 1. The molecule has 1 aliphatic heterocycles. The number of hydrogen-bond acceptors (Lipinski definition) is 3. The number of fused-ring (bicyclic) bond motifs is 1. The first kappa shape index (κ1) is 15.9. The van der Waals surface area contributed by atoms with E-state index in [1.54, 1.807) is 6.07 Å². The van der Waals surface area contributed by atoms with Crippen LogP contribution in [0.15, 0.2) is 18.2 Å². The molecule has 2 amide bonds. The van der Waals surface area contributed by atoms with Crippen molar-refractivity contribution in [3.63, 3.8) is 0 Å². The summed E-state index contributed by atoms with van der Waals surface area (Å²) in [5.74, 6) is 1.91. The Morgan fingerprint density at radius 1 is 1.38 bits per heavy atom. The third-order valence-electron chi connectivity index (χ3n) is 3.43. The Balaban J connectivity index is 1.84. The van der Waals surface area contributed by atoms with Crippen molar-refractivity contribution in [3.05, 3.63) is 29.3 Å². The molecular weight excluding hydrogens is 284 g/mol. The standard InChI is InChI=1S/C16H22N2O2S/c1-2-3-9-21-10-7-15(19)18-13-5-4-12-6-8-17-16(20)14(12)11-13/h4-5,11H,2-3,6-10H2,1H3,(H,17,20)(H,18,19). The first-order valence-corrected chi connectivity index (χ1v) is 8.65. The molecule has 0 saturated carbocycles. The van der Waals surface area contributed by atoms with Crippen LogP contribution in [0.1, 0.15) is 42.1 Å². The molecular formula is C16H22N2O2S. The number of hydrogen-bond donors (Lipinski definition) is 2. The summed E-state index contributed by atoms with van der Waals surface area (Å²) in [5.41, 5.74) is 2.43. The number of unbranched alkanes of at least 4 members (excludes halogenated alkanes) is 1. The molecule has 0 saturated heterocycles. The van der Waals surface area contributed by atoms with Crippen molar-refractivity contribution in [2.45, 2.75) is 32.6 Å². The van der Waals surface area contributed by atoms with Gasteiger partial charge in [0, 0.05) is 30.0 Å². The Morgan fingerprint density at radius 3 is 3.05 bits per heavy atom. The molecule has 0 aliphatic carbocycles. The van der Waals surface area contributed by atoms with E-state index in [4.69, 9.17) is 0 Å². The minimum absolute atomic E-state index is 0.00941. The highest BCUT2D eigenvalue weighted by atomic mass is 32.2. The molecule has 114 valence electrons. The molecule has 1 heterocycles. The van der Waals surface area contributed by atoms with Crippen LogP contribution in [0.2, 0.25) is 0 Å². The van der Waals surface area contributed by atoms with Crippen molar-refractivity contribution < 1.29 is 9.59 Å². The maximum Gasteiger partial charge on any atom is 0.251 e. The lowest BCUT2D eigenvalue weighted by Gasteiger charge is -2.17. The summed E-state index contributed by atoms with van der Waals surface area (Å²) in [6.45, 7) is 2.85. The van der Waals surface area contributed by atoms with Gasteiger partial charge < -0.3 is 10.6 Å². The van der Waals surface area contributed by atoms with Gasteiger partial charge in [-0.3, -0.25) is 9.59 Å². The van der Waals surface area contributed by atoms with Crippen LogP contribution in [0.25, 0.3) is 0 Å². The predicted octanol–water partition coefficient (Wildman–Crippen LogP) is 2.83. The minimum Gasteiger partial charge on any atom is -0.352 e. The quantitative estimate of drug-likeness (QED) is 0.762. The van der Waals surface area contributed by atoms with Gasteiger partial charge >= 0.3 is 0 Å². The molecule has 0 radical (unpaired) electrons. The van der Waals surface area contributed by atoms with Gasteiger partial charge in [0.25, 0.3) is 5.91 Å². The predicted molar refractivity (Wildman–Crippen MR) is 88.0 cm³/mol. The van der Waals surface area contributed by atoms with Crippen molar-refractivity contribution in [3.8, 4) is 0 Å². The minimum atomic E-state index is -0.0533. The zero-order chi connectivity index (χ0) is 15.1. The first-order valence-electron chi connectivity index (χ1n) is 7.49. The van der Waals surface area contributed by atoms with Crippen LogP contribution in [0, 0.1) is 0 Å². The summed E-state index contributed by atoms with van der Waals surface area (Å²) in [4.78, 5) is 23.6. The molecule has 4 nitrogen and oxygen atoms in total. The van der Waals surface area contributed by atoms with E-state index in [9.17, 15) is 9.59 Å². The SMILES string of the molecule is CCCCSCCC(=O)Nc1ccc2c(c1)C(=O)NCC2. The number of benzene rings is 1. The van der Waals surface area contributed by atoms with E-state index in [0.717, 1.165) is 23.5 Å². The van der Waals surface area contributed by atoms with E-state index in [-0.39, 0.29) is 11.8 Å². The van der Waals surface area contributed by atoms with E-state index in [1.807, 2.05) is 23.9 Å². The van der Waals surface area contributed by atoms with Crippen LogP contribution in [0.4, 0.5) is 5.69 Å². The van der Waals surface area contributed by atoms with Gasteiger partial charge in [0.2, 0.25) is 5.91 Å². The lowest BCUT2D eigenvalue weighted by atomic mass is 10.00. The lowest BCUT2D eigenvalue weighted by Crippen LogP contribution is -2.31. The third kappa shape index (κ3) is 4.77. The number of rotatable bonds is 7. The van der Waals surface area contributed by atoms with Crippen molar-refractivity contribution in [2.75, 3.05) is 23.4 Å². The second-order valence-electron chi connectivity index (χ2n) is 5.14. The monoisotopic (exact) mass is 306 g/mol. The number of nitrogens with one attached hydrogen (secondary N) is 2. The van der Waals surface area contributed by atoms with Gasteiger partial charge in [-0.25, -0.2) is 0 Å². The Kier molecular flexibility index (Phi) is 6.11. The van der Waals surface area contributed by atoms with Crippen LogP contribution in [0.5, 0.6) is 0 Å². The zero-order valence-electron chi connectivity index (χ0n) is 12.4. The number of thioether (sulfide) groups is 1. The summed E-state index contributed by atoms with van der Waals surface area (Å²) in [7, 11) is 0. The molecule has 0 bridgehead atoms. The highest BCUT2D eigenvalue weighted by molar-refractivity contribution is 7.99. The van der Waals surface area contributed by atoms with E-state index >= 15 is 0 Å². The summed E-state index contributed by atoms with van der Waals surface area (Å²) >= 11 is 1.82. The average molecular weight is 306 g/mol. The van der Waals surface area contributed by atoms with Crippen LogP contribution < -0.4 is 10.6 Å². The zero-order valence-corrected chi connectivity index (χ0v) is 13.2. The smallest absolute Gasteiger partial charge is 0.251 e. The fourth-order valence-corrected chi connectivity index (χ4v) is 3.25. The van der Waals surface area contributed by atoms with Gasteiger partial charge in [-0.05, 0) is 36.3 Å². The van der Waals surface area contributed by atoms with E-state index in [2.05, 4.69) is 17.6 Å². The molecule has 21 heavy (non-hydrogen) atoms. The van der Waals surface area contributed by atoms with Crippen LogP contribution >= 0.6 is 11.8 Å². The van der Waals surface area contributed by atoms with Gasteiger partial charge in [-0.1, -0.05) is 19.4 Å². The molecule has 1 aromatic carbocycles. The maximum absolute atomic E-state index is 11.9. The van der Waals surface area contributed by atoms with Crippen molar-refractivity contribution in [2.24, 2.45) is 0 Å². The highest BCUT2D eigenvalue weighted by Gasteiger charge is 2.17. The maximum atomic E-state index is 11.9. The van der Waals surface area contributed by atoms with Crippen LogP contribution in [-0.4, -0.2) is 29.9 Å². The summed E-state index contributed by atoms with van der Waals surface area (Å²) in [6, 6.07) is 5.57. The largest absolute Gasteiger partial charge is 0.352 e. The fraction of sp³-hybridized carbons (Fsp3) is 0.500. The normalized spacial score (nSPS) is 13.5. The lowest BCUT2D eigenvalue weighted by molar-refractivity contribution is -0.115. The van der Waals surface area contributed by atoms with Crippen molar-refractivity contribution in [1.82, 2.24) is 5.32 Å². The van der Waals surface area contributed by atoms with Crippen LogP contribution in [0.3, 0.4) is 0 Å². The Hall–Kier alpha value is -1.49. The third-order valence-corrected chi connectivity index (χ3v) is 4.50. The number of carbonyl (C=O) groups excluding carboxylic acids is 2. The fourth-order valence-electron chi connectivity index (χ4n) is 2.23. The van der Waals surface area contributed by atoms with E-state index in [1.165, 1.54) is 12.8 Å². The van der Waals surface area contributed by atoms with Gasteiger partial charge in [0.15, 0.2) is 0 Å². The van der Waals surface area contributed by atoms with Gasteiger partial charge in [-0.2, -0.15) is 11.8 Å². The van der Waals surface area contributed by atoms with Gasteiger partial charge in [0.05, 0.1) is 0 Å².